The molecule has 0 saturated carbocycles. The summed E-state index contributed by atoms with van der Waals surface area (Å²) in [6.07, 6.45) is 32.9. The first-order valence-corrected chi connectivity index (χ1v) is 28.2. The Labute approximate surface area is 420 Å². The molecule has 0 saturated heterocycles. The van der Waals surface area contributed by atoms with Crippen molar-refractivity contribution in [2.24, 2.45) is 5.73 Å². The number of hydrogen-bond acceptors (Lipinski definition) is 13. The van der Waals surface area contributed by atoms with Crippen LogP contribution in [-0.4, -0.2) is 109 Å². The van der Waals surface area contributed by atoms with Crippen molar-refractivity contribution in [3.8, 4) is 0 Å². The summed E-state index contributed by atoms with van der Waals surface area (Å²) < 4.78 is 40.4. The minimum atomic E-state index is -4.78. The molecule has 0 aliphatic heterocycles. The third kappa shape index (κ3) is 34.1. The molecule has 16 heteroatoms. The fraction of sp³-hybridized carbons (Fsp3) is 0.717. The largest absolute Gasteiger partial charge is 0.756 e. The molecule has 14 nitrogen and oxygen atoms in total. The van der Waals surface area contributed by atoms with Crippen LogP contribution in [0.3, 0.4) is 0 Å². The summed E-state index contributed by atoms with van der Waals surface area (Å²) >= 11 is 1.22. The number of carboxylic acids is 1. The van der Waals surface area contributed by atoms with Gasteiger partial charge in [0.15, 0.2) is 6.10 Å². The van der Waals surface area contributed by atoms with E-state index in [1.54, 1.807) is 12.2 Å². The summed E-state index contributed by atoms with van der Waals surface area (Å²) in [5.41, 5.74) is 8.82. The van der Waals surface area contributed by atoms with Gasteiger partial charge in [-0.2, -0.15) is 0 Å². The summed E-state index contributed by atoms with van der Waals surface area (Å²) in [7, 11) is 0.881. The van der Waals surface area contributed by atoms with E-state index in [9.17, 15) is 28.9 Å². The van der Waals surface area contributed by atoms with Gasteiger partial charge in [0.2, 0.25) is 0 Å². The maximum absolute atomic E-state index is 13.1. The number of quaternary nitrogens is 1. The highest BCUT2D eigenvalue weighted by atomic mass is 32.2. The minimum absolute atomic E-state index is 0.0409. The van der Waals surface area contributed by atoms with Crippen LogP contribution in [0, 0.1) is 13.8 Å². The number of nitrogens with zero attached hydrogens (tertiary/aromatic N) is 1. The van der Waals surface area contributed by atoms with Gasteiger partial charge in [0.05, 0.1) is 33.9 Å². The van der Waals surface area contributed by atoms with Gasteiger partial charge in [-0.1, -0.05) is 127 Å². The predicted octanol–water partition coefficient (Wildman–Crippen LogP) is 10.6. The fourth-order valence-corrected chi connectivity index (χ4v) is 8.95. The highest BCUT2D eigenvalue weighted by Gasteiger charge is 2.25. The van der Waals surface area contributed by atoms with Crippen LogP contribution in [0.5, 0.6) is 0 Å². The van der Waals surface area contributed by atoms with Crippen molar-refractivity contribution in [3.63, 3.8) is 0 Å². The molecule has 1 aromatic heterocycles. The number of phosphoric ester groups is 1. The van der Waals surface area contributed by atoms with Crippen LogP contribution in [0.15, 0.2) is 53.0 Å². The third-order valence-corrected chi connectivity index (χ3v) is 13.9. The number of rotatable bonds is 43. The van der Waals surface area contributed by atoms with Gasteiger partial charge in [-0.25, -0.2) is 0 Å². The van der Waals surface area contributed by atoms with Crippen LogP contribution in [0.1, 0.15) is 165 Å². The zero-order valence-electron chi connectivity index (χ0n) is 43.4. The summed E-state index contributed by atoms with van der Waals surface area (Å²) in [5, 5.41) is 19.5. The number of allylic oxidation sites excluding steroid dienone is 7. The Hall–Kier alpha value is -3.01. The molecule has 0 amide bonds. The van der Waals surface area contributed by atoms with Crippen molar-refractivity contribution in [1.29, 1.82) is 0 Å². The van der Waals surface area contributed by atoms with Crippen molar-refractivity contribution in [3.05, 3.63) is 71.3 Å². The summed E-state index contributed by atoms with van der Waals surface area (Å²) in [5.74, 6) is -0.0357. The molecule has 0 aromatic carbocycles. The molecule has 0 aliphatic rings. The van der Waals surface area contributed by atoms with Crippen molar-refractivity contribution in [2.45, 2.75) is 192 Å². The number of esters is 2. The maximum atomic E-state index is 13.1. The van der Waals surface area contributed by atoms with E-state index in [0.717, 1.165) is 82.1 Å². The average molecular weight is 1010 g/mol. The molecular weight excluding hydrogens is 920 g/mol. The second-order valence-electron chi connectivity index (χ2n) is 19.0. The molecule has 1 aromatic rings. The van der Waals surface area contributed by atoms with Gasteiger partial charge in [0, 0.05) is 36.7 Å². The molecule has 0 radical (unpaired) electrons. The summed E-state index contributed by atoms with van der Waals surface area (Å²) in [6, 6.07) is -1.15. The number of nitrogens with two attached hydrogens (primary N) is 1. The van der Waals surface area contributed by atoms with Gasteiger partial charge in [-0.3, -0.25) is 18.9 Å². The summed E-state index contributed by atoms with van der Waals surface area (Å²) in [6.45, 7) is 7.88. The smallest absolute Gasteiger partial charge is 0.323 e. The van der Waals surface area contributed by atoms with Gasteiger partial charge in [0.25, 0.3) is 7.82 Å². The molecule has 5 atom stereocenters. The molecular formula is C53H91N2O12PS. The Kier molecular flexibility index (Phi) is 35.8. The number of thioether (sulfide) groups is 1. The molecule has 1 unspecified atom stereocenters. The van der Waals surface area contributed by atoms with Crippen LogP contribution in [0.4, 0.5) is 0 Å². The van der Waals surface area contributed by atoms with Crippen LogP contribution in [0.2, 0.25) is 0 Å². The van der Waals surface area contributed by atoms with Crippen LogP contribution >= 0.6 is 19.6 Å². The van der Waals surface area contributed by atoms with E-state index in [-0.39, 0.29) is 38.0 Å². The number of carboxylic acid groups (broad SMARTS) is 1. The maximum Gasteiger partial charge on any atom is 0.323 e. The lowest BCUT2D eigenvalue weighted by Crippen LogP contribution is -2.39. The van der Waals surface area contributed by atoms with Crippen molar-refractivity contribution < 1.29 is 61.5 Å². The third-order valence-electron chi connectivity index (χ3n) is 11.6. The number of aliphatic carboxylic acids is 1. The highest BCUT2D eigenvalue weighted by molar-refractivity contribution is 8.00. The van der Waals surface area contributed by atoms with Gasteiger partial charge >= 0.3 is 17.9 Å². The lowest BCUT2D eigenvalue weighted by molar-refractivity contribution is -0.870. The van der Waals surface area contributed by atoms with Crippen molar-refractivity contribution >= 4 is 37.5 Å². The number of aryl methyl sites for hydroxylation is 2. The number of phosphoric acid groups is 1. The lowest BCUT2D eigenvalue weighted by atomic mass is 10.0. The topological polar surface area (TPSA) is 208 Å². The van der Waals surface area contributed by atoms with Crippen molar-refractivity contribution in [1.82, 2.24) is 0 Å². The molecule has 69 heavy (non-hydrogen) atoms. The first-order valence-electron chi connectivity index (χ1n) is 25.6. The molecule has 0 fully saturated rings. The zero-order valence-corrected chi connectivity index (χ0v) is 45.1. The first-order chi connectivity index (χ1) is 32.9. The molecule has 1 heterocycles. The number of aliphatic hydroxyl groups is 1. The second-order valence-corrected chi connectivity index (χ2v) is 21.6. The molecule has 396 valence electrons. The molecule has 0 aliphatic carbocycles. The molecule has 1 rings (SSSR count). The summed E-state index contributed by atoms with van der Waals surface area (Å²) in [4.78, 5) is 49.7. The monoisotopic (exact) mass is 1010 g/mol. The molecule has 0 bridgehead atoms. The molecule has 0 spiro atoms. The van der Waals surface area contributed by atoms with E-state index in [2.05, 4.69) is 39.8 Å². The van der Waals surface area contributed by atoms with Gasteiger partial charge in [0.1, 0.15) is 37.3 Å². The van der Waals surface area contributed by atoms with E-state index >= 15 is 0 Å². The van der Waals surface area contributed by atoms with E-state index in [1.807, 2.05) is 45.4 Å². The Morgan fingerprint density at radius 3 is 2.03 bits per heavy atom. The number of aliphatic hydroxyl groups excluding tert-OH is 1. The van der Waals surface area contributed by atoms with E-state index in [4.69, 9.17) is 33.8 Å². The zero-order chi connectivity index (χ0) is 51.3. The highest BCUT2D eigenvalue weighted by Crippen LogP contribution is 2.38. The van der Waals surface area contributed by atoms with Crippen molar-refractivity contribution in [2.75, 3.05) is 53.3 Å². The SMILES string of the molecule is CCCCC/C=C\C\C=C/C=C/C=C/[C@@H](SC[C@H](N)C(=O)OC[C@H](COP(=O)([O-])OCC[N+](C)(C)C)OC(=O)CCCCCCCCCCc1oc(CCCCC)c(C)c1C)[C@@H](O)CCCC(=O)O. The fourth-order valence-electron chi connectivity index (χ4n) is 7.10. The second kappa shape index (κ2) is 38.6. The number of unbranched alkanes of at least 4 members (excludes halogenated alkanes) is 12. The number of furan rings is 1. The number of likely N-dealkylation sites (N-methyl/N-ethyl adjacent to an activating group) is 1. The standard InChI is InChI=1S/C53H91N2O12PS/c1-8-10-12-13-14-15-16-17-18-22-25-29-35-50(47(56)32-31-36-51(57)58)69-42-46(54)53(60)63-40-45(41-65-68(61,62)64-39-38-55(5,6)7)66-52(59)37-30-26-23-20-19-21-24-28-34-49-44(4)43(3)48(67-49)33-27-11-9-2/h14-15,17-18,22,25,29,35,45-47,50,56H,8-13,16,19-21,23-24,26-28,30-34,36-42,54H2,1-7H3,(H-,57,58,61,62)/b15-14-,18-17-,25-22+,35-29+/t45-,46+,47+,50-/m1/s1. The average Bonchev–Trinajstić information content (AvgIpc) is 3.56. The number of carbonyl (C=O) groups excluding carboxylic acids is 2. The lowest BCUT2D eigenvalue weighted by Gasteiger charge is -2.28. The van der Waals surface area contributed by atoms with Crippen LogP contribution < -0.4 is 10.6 Å². The van der Waals surface area contributed by atoms with E-state index in [0.29, 0.717) is 17.4 Å². The number of ether oxygens (including phenoxy) is 2. The Bertz CT molecular complexity index is 1720. The van der Waals surface area contributed by atoms with E-state index in [1.165, 1.54) is 61.4 Å². The Balaban J connectivity index is 2.72. The number of carbonyl (C=O) groups is 3. The van der Waals surface area contributed by atoms with Crippen LogP contribution in [-0.2, 0) is 50.3 Å². The Morgan fingerprint density at radius 2 is 1.39 bits per heavy atom. The number of hydrogen-bond donors (Lipinski definition) is 3. The first kappa shape index (κ1) is 64.0. The van der Waals surface area contributed by atoms with Gasteiger partial charge < -0.3 is 48.3 Å². The quantitative estimate of drug-likeness (QED) is 0.0139. The Morgan fingerprint density at radius 1 is 0.783 bits per heavy atom. The minimum Gasteiger partial charge on any atom is -0.756 e. The van der Waals surface area contributed by atoms with E-state index < -0.39 is 62.4 Å². The van der Waals surface area contributed by atoms with Crippen LogP contribution in [0.25, 0.3) is 0 Å². The predicted molar refractivity (Wildman–Crippen MR) is 277 cm³/mol. The van der Waals surface area contributed by atoms with Gasteiger partial charge in [-0.15, -0.1) is 11.8 Å². The molecule has 4 N–H and O–H groups in total. The normalized spacial score (nSPS) is 15.0. The van der Waals surface area contributed by atoms with Gasteiger partial charge in [-0.05, 0) is 76.3 Å².